The Hall–Kier alpha value is -0.970. The molecule has 2 aliphatic heterocycles. The second-order valence-electron chi connectivity index (χ2n) is 9.24. The van der Waals surface area contributed by atoms with E-state index in [-0.39, 0.29) is 16.9 Å². The Balaban J connectivity index is 1.77. The number of piperidine rings is 1. The van der Waals surface area contributed by atoms with E-state index >= 15 is 0 Å². The normalized spacial score (nSPS) is 26.2. The summed E-state index contributed by atoms with van der Waals surface area (Å²) in [5, 5.41) is 3.78. The second-order valence-corrected chi connectivity index (χ2v) is 9.24. The minimum atomic E-state index is -0.163. The average molecular weight is 349 g/mol. The van der Waals surface area contributed by atoms with E-state index in [1.165, 1.54) is 5.56 Å². The molecule has 2 fully saturated rings. The molecule has 1 aromatic rings. The predicted molar refractivity (Wildman–Crippen MR) is 100 cm³/mol. The highest BCUT2D eigenvalue weighted by Gasteiger charge is 2.40. The first-order valence-corrected chi connectivity index (χ1v) is 9.58. The topological polar surface area (TPSA) is 24.5 Å². The number of nitrogens with one attached hydrogen (secondary N) is 1. The zero-order chi connectivity index (χ0) is 18.1. The Bertz CT molecular complexity index is 548. The molecule has 4 heteroatoms. The fourth-order valence-electron chi connectivity index (χ4n) is 4.75. The minimum absolute atomic E-state index is 0.125. The summed E-state index contributed by atoms with van der Waals surface area (Å²) in [6.07, 6.45) is 3.41. The molecule has 3 nitrogen and oxygen atoms in total. The molecule has 2 saturated heterocycles. The van der Waals surface area contributed by atoms with Gasteiger partial charge in [-0.1, -0.05) is 12.1 Å². The molecule has 1 atom stereocenters. The molecule has 0 amide bonds. The van der Waals surface area contributed by atoms with E-state index < -0.39 is 0 Å². The molecule has 0 spiro atoms. The van der Waals surface area contributed by atoms with Crippen LogP contribution in [0, 0.1) is 11.7 Å². The number of benzene rings is 1. The number of hydrogen-bond donors (Lipinski definition) is 1. The fraction of sp³-hybridized carbons (Fsp3) is 0.714. The summed E-state index contributed by atoms with van der Waals surface area (Å²) in [5.74, 6) is 0.449. The standard InChI is InChI=1S/C21H33FN2O/c1-20(2)11-19(12-21(3,4)23-20)24(14-17-9-10-25-15-17)13-16-5-7-18(22)8-6-16/h5-8,17,19,23H,9-15H2,1-4H3/t17-/m0/s1. The van der Waals surface area contributed by atoms with Crippen LogP contribution in [-0.4, -0.2) is 41.8 Å². The Morgan fingerprint density at radius 2 is 1.76 bits per heavy atom. The Morgan fingerprint density at radius 1 is 1.12 bits per heavy atom. The number of ether oxygens (including phenoxy) is 1. The molecule has 1 N–H and O–H groups in total. The van der Waals surface area contributed by atoms with Crippen LogP contribution >= 0.6 is 0 Å². The molecular weight excluding hydrogens is 315 g/mol. The van der Waals surface area contributed by atoms with Crippen molar-refractivity contribution in [2.24, 2.45) is 5.92 Å². The monoisotopic (exact) mass is 348 g/mol. The van der Waals surface area contributed by atoms with Gasteiger partial charge in [-0.25, -0.2) is 4.39 Å². The van der Waals surface area contributed by atoms with E-state index in [9.17, 15) is 4.39 Å². The van der Waals surface area contributed by atoms with Gasteiger partial charge in [-0.15, -0.1) is 0 Å². The maximum Gasteiger partial charge on any atom is 0.123 e. The SMILES string of the molecule is CC1(C)CC(N(Cc2ccc(F)cc2)C[C@@H]2CCOC2)CC(C)(C)N1. The zero-order valence-electron chi connectivity index (χ0n) is 16.1. The quantitative estimate of drug-likeness (QED) is 0.871. The second kappa shape index (κ2) is 7.34. The molecule has 3 rings (SSSR count). The molecule has 1 aromatic carbocycles. The Kier molecular flexibility index (Phi) is 5.52. The smallest absolute Gasteiger partial charge is 0.123 e. The summed E-state index contributed by atoms with van der Waals surface area (Å²) in [5.41, 5.74) is 1.44. The lowest BCUT2D eigenvalue weighted by molar-refractivity contribution is 0.0493. The number of halogens is 1. The summed E-state index contributed by atoms with van der Waals surface area (Å²) >= 11 is 0. The van der Waals surface area contributed by atoms with Gasteiger partial charge in [-0.05, 0) is 70.6 Å². The first-order valence-electron chi connectivity index (χ1n) is 9.58. The van der Waals surface area contributed by atoms with Gasteiger partial charge in [0, 0.05) is 36.8 Å². The summed E-state index contributed by atoms with van der Waals surface area (Å²) in [4.78, 5) is 2.62. The first-order chi connectivity index (χ1) is 11.7. The van der Waals surface area contributed by atoms with Gasteiger partial charge in [0.05, 0.1) is 6.61 Å². The molecule has 2 aliphatic rings. The van der Waals surface area contributed by atoms with E-state index in [0.29, 0.717) is 12.0 Å². The molecule has 0 aromatic heterocycles. The number of hydrogen-bond acceptors (Lipinski definition) is 3. The van der Waals surface area contributed by atoms with Crippen molar-refractivity contribution in [3.63, 3.8) is 0 Å². The van der Waals surface area contributed by atoms with Crippen molar-refractivity contribution < 1.29 is 9.13 Å². The highest BCUT2D eigenvalue weighted by Crippen LogP contribution is 2.33. The van der Waals surface area contributed by atoms with Crippen LogP contribution < -0.4 is 5.32 Å². The molecule has 0 radical (unpaired) electrons. The van der Waals surface area contributed by atoms with Gasteiger partial charge in [-0.3, -0.25) is 4.90 Å². The lowest BCUT2D eigenvalue weighted by Crippen LogP contribution is -2.62. The molecule has 0 bridgehead atoms. The van der Waals surface area contributed by atoms with E-state index in [1.54, 1.807) is 12.1 Å². The molecular formula is C21H33FN2O. The third kappa shape index (κ3) is 5.25. The fourth-order valence-corrected chi connectivity index (χ4v) is 4.75. The predicted octanol–water partition coefficient (Wildman–Crippen LogP) is 3.97. The van der Waals surface area contributed by atoms with Crippen LogP contribution in [0.4, 0.5) is 4.39 Å². The Labute approximate surface area is 151 Å². The highest BCUT2D eigenvalue weighted by atomic mass is 19.1. The lowest BCUT2D eigenvalue weighted by atomic mass is 9.78. The summed E-state index contributed by atoms with van der Waals surface area (Å²) < 4.78 is 18.9. The van der Waals surface area contributed by atoms with Crippen molar-refractivity contribution in [1.82, 2.24) is 10.2 Å². The van der Waals surface area contributed by atoms with Crippen molar-refractivity contribution in [2.45, 2.75) is 70.6 Å². The lowest BCUT2D eigenvalue weighted by Gasteiger charge is -2.50. The van der Waals surface area contributed by atoms with Crippen LogP contribution in [0.5, 0.6) is 0 Å². The third-order valence-corrected chi connectivity index (χ3v) is 5.50. The molecule has 140 valence electrons. The van der Waals surface area contributed by atoms with Gasteiger partial charge in [0.1, 0.15) is 5.82 Å². The molecule has 2 heterocycles. The molecule has 0 unspecified atom stereocenters. The van der Waals surface area contributed by atoms with Crippen LogP contribution in [0.2, 0.25) is 0 Å². The largest absolute Gasteiger partial charge is 0.381 e. The number of rotatable bonds is 5. The van der Waals surface area contributed by atoms with Crippen molar-refractivity contribution in [2.75, 3.05) is 19.8 Å². The highest BCUT2D eigenvalue weighted by molar-refractivity contribution is 5.16. The van der Waals surface area contributed by atoms with Gasteiger partial charge in [0.25, 0.3) is 0 Å². The van der Waals surface area contributed by atoms with Crippen LogP contribution in [0.3, 0.4) is 0 Å². The van der Waals surface area contributed by atoms with E-state index in [1.807, 2.05) is 12.1 Å². The van der Waals surface area contributed by atoms with Crippen LogP contribution in [0.15, 0.2) is 24.3 Å². The first kappa shape index (κ1) is 18.8. The zero-order valence-corrected chi connectivity index (χ0v) is 16.1. The number of nitrogens with zero attached hydrogens (tertiary/aromatic N) is 1. The third-order valence-electron chi connectivity index (χ3n) is 5.50. The van der Waals surface area contributed by atoms with E-state index in [2.05, 4.69) is 37.9 Å². The van der Waals surface area contributed by atoms with Crippen LogP contribution in [0.25, 0.3) is 0 Å². The van der Waals surface area contributed by atoms with Gasteiger partial charge in [0.2, 0.25) is 0 Å². The molecule has 25 heavy (non-hydrogen) atoms. The van der Waals surface area contributed by atoms with Crippen molar-refractivity contribution in [3.05, 3.63) is 35.6 Å². The molecule has 0 saturated carbocycles. The summed E-state index contributed by atoms with van der Waals surface area (Å²) in [6, 6.07) is 7.51. The maximum absolute atomic E-state index is 13.3. The van der Waals surface area contributed by atoms with Crippen LogP contribution in [-0.2, 0) is 11.3 Å². The van der Waals surface area contributed by atoms with Crippen molar-refractivity contribution >= 4 is 0 Å². The van der Waals surface area contributed by atoms with Crippen LogP contribution in [0.1, 0.15) is 52.5 Å². The van der Waals surface area contributed by atoms with E-state index in [4.69, 9.17) is 4.74 Å². The maximum atomic E-state index is 13.3. The van der Waals surface area contributed by atoms with Gasteiger partial charge < -0.3 is 10.1 Å². The Morgan fingerprint density at radius 3 is 2.32 bits per heavy atom. The van der Waals surface area contributed by atoms with Gasteiger partial charge >= 0.3 is 0 Å². The van der Waals surface area contributed by atoms with Gasteiger partial charge in [-0.2, -0.15) is 0 Å². The average Bonchev–Trinajstić information content (AvgIpc) is 2.98. The van der Waals surface area contributed by atoms with Crippen molar-refractivity contribution in [1.29, 1.82) is 0 Å². The minimum Gasteiger partial charge on any atom is -0.381 e. The van der Waals surface area contributed by atoms with E-state index in [0.717, 1.165) is 45.6 Å². The summed E-state index contributed by atoms with van der Waals surface area (Å²) in [7, 11) is 0. The van der Waals surface area contributed by atoms with Gasteiger partial charge in [0.15, 0.2) is 0 Å². The van der Waals surface area contributed by atoms with Crippen molar-refractivity contribution in [3.8, 4) is 0 Å². The molecule has 0 aliphatic carbocycles. The summed E-state index contributed by atoms with van der Waals surface area (Å²) in [6.45, 7) is 12.9.